The third-order valence-corrected chi connectivity index (χ3v) is 3.23. The van der Waals surface area contributed by atoms with E-state index in [4.69, 9.17) is 9.47 Å². The Morgan fingerprint density at radius 1 is 1.47 bits per heavy atom. The minimum absolute atomic E-state index is 0.0666. The van der Waals surface area contributed by atoms with Crippen molar-refractivity contribution in [2.45, 2.75) is 12.0 Å². The number of ether oxygens (including phenoxy) is 2. The van der Waals surface area contributed by atoms with Crippen LogP contribution >= 0.6 is 0 Å². The number of benzene rings is 1. The fraction of sp³-hybridized carbons (Fsp3) is 0.538. The summed E-state index contributed by atoms with van der Waals surface area (Å²) in [7, 11) is 1.67. The molecule has 1 aliphatic heterocycles. The number of hydrogen-bond donors (Lipinski definition) is 2. The smallest absolute Gasteiger partial charge is 0.124 e. The van der Waals surface area contributed by atoms with E-state index in [-0.39, 0.29) is 6.61 Å². The van der Waals surface area contributed by atoms with E-state index >= 15 is 0 Å². The molecule has 0 aromatic heterocycles. The SMILES string of the molecule is COCCNC1(CO)CCOc2ccccc21. The maximum absolute atomic E-state index is 9.73. The van der Waals surface area contributed by atoms with Gasteiger partial charge in [0.25, 0.3) is 0 Å². The lowest BCUT2D eigenvalue weighted by molar-refractivity contribution is 0.0964. The maximum Gasteiger partial charge on any atom is 0.124 e. The second-order valence-corrected chi connectivity index (χ2v) is 4.25. The van der Waals surface area contributed by atoms with Gasteiger partial charge in [-0.2, -0.15) is 0 Å². The highest BCUT2D eigenvalue weighted by atomic mass is 16.5. The van der Waals surface area contributed by atoms with Crippen molar-refractivity contribution in [1.82, 2.24) is 5.32 Å². The molecule has 17 heavy (non-hydrogen) atoms. The van der Waals surface area contributed by atoms with Crippen LogP contribution in [0.2, 0.25) is 0 Å². The van der Waals surface area contributed by atoms with Crippen LogP contribution in [-0.2, 0) is 10.3 Å². The minimum Gasteiger partial charge on any atom is -0.493 e. The molecule has 1 aliphatic rings. The van der Waals surface area contributed by atoms with Crippen LogP contribution in [0.15, 0.2) is 24.3 Å². The van der Waals surface area contributed by atoms with Gasteiger partial charge in [0.15, 0.2) is 0 Å². The number of fused-ring (bicyclic) bond motifs is 1. The fourth-order valence-electron chi connectivity index (χ4n) is 2.25. The third-order valence-electron chi connectivity index (χ3n) is 3.23. The highest BCUT2D eigenvalue weighted by Gasteiger charge is 2.36. The second-order valence-electron chi connectivity index (χ2n) is 4.25. The van der Waals surface area contributed by atoms with Gasteiger partial charge in [-0.15, -0.1) is 0 Å². The van der Waals surface area contributed by atoms with Crippen LogP contribution in [0.4, 0.5) is 0 Å². The Morgan fingerprint density at radius 2 is 2.29 bits per heavy atom. The van der Waals surface area contributed by atoms with Gasteiger partial charge < -0.3 is 19.9 Å². The molecular weight excluding hydrogens is 218 g/mol. The molecule has 1 heterocycles. The van der Waals surface area contributed by atoms with E-state index < -0.39 is 5.54 Å². The molecule has 0 aliphatic carbocycles. The number of hydrogen-bond acceptors (Lipinski definition) is 4. The first-order chi connectivity index (χ1) is 8.32. The van der Waals surface area contributed by atoms with Gasteiger partial charge in [-0.25, -0.2) is 0 Å². The second kappa shape index (κ2) is 5.49. The summed E-state index contributed by atoms with van der Waals surface area (Å²) in [4.78, 5) is 0. The predicted molar refractivity (Wildman–Crippen MR) is 65.2 cm³/mol. The zero-order valence-electron chi connectivity index (χ0n) is 10.1. The van der Waals surface area contributed by atoms with Crippen LogP contribution in [0, 0.1) is 0 Å². The monoisotopic (exact) mass is 237 g/mol. The molecule has 2 rings (SSSR count). The van der Waals surface area contributed by atoms with E-state index in [0.717, 1.165) is 17.7 Å². The normalized spacial score (nSPS) is 22.9. The van der Waals surface area contributed by atoms with E-state index in [0.29, 0.717) is 19.8 Å². The van der Waals surface area contributed by atoms with E-state index in [1.807, 2.05) is 24.3 Å². The van der Waals surface area contributed by atoms with Crippen LogP contribution in [0.3, 0.4) is 0 Å². The van der Waals surface area contributed by atoms with Gasteiger partial charge in [0, 0.05) is 25.6 Å². The van der Waals surface area contributed by atoms with Crippen molar-refractivity contribution in [3.8, 4) is 5.75 Å². The van der Waals surface area contributed by atoms with Gasteiger partial charge in [0.2, 0.25) is 0 Å². The lowest BCUT2D eigenvalue weighted by Crippen LogP contribution is -2.49. The summed E-state index contributed by atoms with van der Waals surface area (Å²) >= 11 is 0. The minimum atomic E-state index is -0.395. The molecule has 0 fully saturated rings. The number of methoxy groups -OCH3 is 1. The Kier molecular flexibility index (Phi) is 3.99. The molecule has 4 nitrogen and oxygen atoms in total. The van der Waals surface area contributed by atoms with E-state index in [1.54, 1.807) is 7.11 Å². The maximum atomic E-state index is 9.73. The van der Waals surface area contributed by atoms with Crippen molar-refractivity contribution < 1.29 is 14.6 Å². The largest absolute Gasteiger partial charge is 0.493 e. The molecule has 0 bridgehead atoms. The molecular formula is C13H19NO3. The first kappa shape index (κ1) is 12.4. The standard InChI is InChI=1S/C13H19NO3/c1-16-9-7-14-13(10-15)6-8-17-12-5-3-2-4-11(12)13/h2-5,14-15H,6-10H2,1H3. The first-order valence-electron chi connectivity index (χ1n) is 5.89. The van der Waals surface area contributed by atoms with Gasteiger partial charge in [-0.1, -0.05) is 18.2 Å². The lowest BCUT2D eigenvalue weighted by Gasteiger charge is -2.38. The molecule has 0 radical (unpaired) electrons. The Morgan fingerprint density at radius 3 is 3.06 bits per heavy atom. The summed E-state index contributed by atoms with van der Waals surface area (Å²) in [6.07, 6.45) is 0.768. The molecule has 2 N–H and O–H groups in total. The number of rotatable bonds is 5. The summed E-state index contributed by atoms with van der Waals surface area (Å²) in [6.45, 7) is 2.03. The van der Waals surface area contributed by atoms with E-state index in [9.17, 15) is 5.11 Å². The fourth-order valence-corrected chi connectivity index (χ4v) is 2.25. The topological polar surface area (TPSA) is 50.7 Å². The molecule has 0 saturated heterocycles. The van der Waals surface area contributed by atoms with Crippen molar-refractivity contribution in [3.63, 3.8) is 0 Å². The summed E-state index contributed by atoms with van der Waals surface area (Å²) in [6, 6.07) is 7.86. The van der Waals surface area contributed by atoms with Gasteiger partial charge >= 0.3 is 0 Å². The molecule has 1 aromatic carbocycles. The van der Waals surface area contributed by atoms with E-state index in [1.165, 1.54) is 0 Å². The molecule has 0 saturated carbocycles. The predicted octanol–water partition coefficient (Wildman–Crippen LogP) is 0.893. The summed E-state index contributed by atoms with van der Waals surface area (Å²) in [5, 5.41) is 13.1. The third kappa shape index (κ3) is 2.44. The van der Waals surface area contributed by atoms with Crippen molar-refractivity contribution in [3.05, 3.63) is 29.8 Å². The quantitative estimate of drug-likeness (QED) is 0.747. The molecule has 1 unspecified atom stereocenters. The Bertz CT molecular complexity index is 369. The number of para-hydroxylation sites is 1. The summed E-state index contributed by atoms with van der Waals surface area (Å²) in [5.74, 6) is 0.859. The number of aliphatic hydroxyl groups is 1. The number of aliphatic hydroxyl groups excluding tert-OH is 1. The average molecular weight is 237 g/mol. The zero-order valence-corrected chi connectivity index (χ0v) is 10.1. The van der Waals surface area contributed by atoms with Crippen molar-refractivity contribution in [2.75, 3.05) is 33.5 Å². The van der Waals surface area contributed by atoms with Crippen LogP contribution in [0.25, 0.3) is 0 Å². The average Bonchev–Trinajstić information content (AvgIpc) is 2.39. The Balaban J connectivity index is 2.22. The lowest BCUT2D eigenvalue weighted by atomic mass is 9.85. The molecule has 1 atom stereocenters. The number of nitrogens with one attached hydrogen (secondary N) is 1. The van der Waals surface area contributed by atoms with E-state index in [2.05, 4.69) is 5.32 Å². The first-order valence-corrected chi connectivity index (χ1v) is 5.89. The van der Waals surface area contributed by atoms with Crippen molar-refractivity contribution in [2.24, 2.45) is 0 Å². The van der Waals surface area contributed by atoms with Crippen molar-refractivity contribution in [1.29, 1.82) is 0 Å². The van der Waals surface area contributed by atoms with Gasteiger partial charge in [0.1, 0.15) is 5.75 Å². The summed E-state index contributed by atoms with van der Waals surface area (Å²) in [5.41, 5.74) is 0.637. The molecule has 4 heteroatoms. The zero-order chi connectivity index (χ0) is 12.1. The van der Waals surface area contributed by atoms with Gasteiger partial charge in [-0.3, -0.25) is 0 Å². The summed E-state index contributed by atoms with van der Waals surface area (Å²) < 4.78 is 10.6. The Hall–Kier alpha value is -1.10. The molecule has 0 amide bonds. The van der Waals surface area contributed by atoms with Gasteiger partial charge in [0.05, 0.1) is 25.4 Å². The van der Waals surface area contributed by atoms with Crippen molar-refractivity contribution >= 4 is 0 Å². The molecule has 1 aromatic rings. The van der Waals surface area contributed by atoms with Crippen LogP contribution in [0.1, 0.15) is 12.0 Å². The van der Waals surface area contributed by atoms with Crippen LogP contribution < -0.4 is 10.1 Å². The molecule has 94 valence electrons. The Labute approximate surface area is 102 Å². The highest BCUT2D eigenvalue weighted by Crippen LogP contribution is 2.36. The highest BCUT2D eigenvalue weighted by molar-refractivity contribution is 5.41. The van der Waals surface area contributed by atoms with Crippen LogP contribution in [0.5, 0.6) is 5.75 Å². The van der Waals surface area contributed by atoms with Crippen LogP contribution in [-0.4, -0.2) is 38.6 Å². The molecule has 0 spiro atoms. The van der Waals surface area contributed by atoms with Gasteiger partial charge in [-0.05, 0) is 6.07 Å².